The number of nitrogens with one attached hydrogen (secondary N) is 1. The highest BCUT2D eigenvalue weighted by Gasteiger charge is 2.34. The van der Waals surface area contributed by atoms with E-state index in [0.717, 1.165) is 6.42 Å². The fourth-order valence-electron chi connectivity index (χ4n) is 1.82. The van der Waals surface area contributed by atoms with E-state index >= 15 is 0 Å². The Balaban J connectivity index is 2.52. The van der Waals surface area contributed by atoms with Gasteiger partial charge in [0.15, 0.2) is 9.84 Å². The highest BCUT2D eigenvalue weighted by Crippen LogP contribution is 2.19. The number of carbonyl (C=O) groups excluding carboxylic acids is 1. The van der Waals surface area contributed by atoms with E-state index in [9.17, 15) is 13.2 Å². The largest absolute Gasteiger partial charge is 0.353 e. The normalized spacial score (nSPS) is 25.5. The summed E-state index contributed by atoms with van der Waals surface area (Å²) < 4.78 is 23.4. The Kier molecular flexibility index (Phi) is 4.94. The first kappa shape index (κ1) is 14.4. The number of sulfone groups is 1. The van der Waals surface area contributed by atoms with E-state index < -0.39 is 15.1 Å². The predicted octanol–water partition coefficient (Wildman–Crippen LogP) is 0.0532. The van der Waals surface area contributed by atoms with Gasteiger partial charge in [-0.05, 0) is 18.8 Å². The average Bonchev–Trinajstić information content (AvgIpc) is 2.24. The second kappa shape index (κ2) is 5.82. The highest BCUT2D eigenvalue weighted by molar-refractivity contribution is 7.92. The SMILES string of the molecule is CC(C)C(N)CNC(=O)C1CCCCS1(=O)=O. The van der Waals surface area contributed by atoms with Gasteiger partial charge in [0.25, 0.3) is 0 Å². The fourth-order valence-corrected chi connectivity index (χ4v) is 3.64. The minimum Gasteiger partial charge on any atom is -0.353 e. The third-order valence-electron chi connectivity index (χ3n) is 3.24. The van der Waals surface area contributed by atoms with Crippen LogP contribution in [0.1, 0.15) is 33.1 Å². The van der Waals surface area contributed by atoms with E-state index in [4.69, 9.17) is 5.73 Å². The molecule has 1 fully saturated rings. The van der Waals surface area contributed by atoms with Crippen molar-refractivity contribution in [1.82, 2.24) is 5.32 Å². The van der Waals surface area contributed by atoms with Crippen molar-refractivity contribution in [1.29, 1.82) is 0 Å². The topological polar surface area (TPSA) is 89.3 Å². The first-order chi connectivity index (χ1) is 7.84. The minimum absolute atomic E-state index is 0.126. The van der Waals surface area contributed by atoms with Gasteiger partial charge in [-0.25, -0.2) is 8.42 Å². The summed E-state index contributed by atoms with van der Waals surface area (Å²) in [6.45, 7) is 4.27. The van der Waals surface area contributed by atoms with Crippen LogP contribution in [-0.4, -0.2) is 37.9 Å². The number of amides is 1. The summed E-state index contributed by atoms with van der Waals surface area (Å²) in [5.74, 6) is 0.000443. The molecule has 17 heavy (non-hydrogen) atoms. The van der Waals surface area contributed by atoms with Crippen LogP contribution in [0, 0.1) is 5.92 Å². The molecule has 2 unspecified atom stereocenters. The van der Waals surface area contributed by atoms with Crippen LogP contribution >= 0.6 is 0 Å². The monoisotopic (exact) mass is 262 g/mol. The summed E-state index contributed by atoms with van der Waals surface area (Å²) in [6, 6.07) is -0.134. The van der Waals surface area contributed by atoms with E-state index in [2.05, 4.69) is 5.32 Å². The van der Waals surface area contributed by atoms with Crippen LogP contribution < -0.4 is 11.1 Å². The van der Waals surface area contributed by atoms with Gasteiger partial charge in [0.2, 0.25) is 5.91 Å². The molecule has 0 aliphatic carbocycles. The summed E-state index contributed by atoms with van der Waals surface area (Å²) in [7, 11) is -3.24. The quantitative estimate of drug-likeness (QED) is 0.749. The molecule has 1 rings (SSSR count). The van der Waals surface area contributed by atoms with Crippen LogP contribution in [0.15, 0.2) is 0 Å². The number of nitrogens with two attached hydrogens (primary N) is 1. The molecule has 0 aromatic heterocycles. The van der Waals surface area contributed by atoms with Crippen molar-refractivity contribution in [3.05, 3.63) is 0 Å². The molecule has 0 spiro atoms. The molecule has 0 aromatic carbocycles. The Bertz CT molecular complexity index is 365. The van der Waals surface area contributed by atoms with Crippen molar-refractivity contribution in [3.63, 3.8) is 0 Å². The van der Waals surface area contributed by atoms with E-state index in [1.165, 1.54) is 0 Å². The first-order valence-electron chi connectivity index (χ1n) is 6.09. The molecule has 6 heteroatoms. The standard InChI is InChI=1S/C11H22N2O3S/c1-8(2)9(12)7-13-11(14)10-5-3-4-6-17(10,15)16/h8-10H,3-7,12H2,1-2H3,(H,13,14). The van der Waals surface area contributed by atoms with Gasteiger partial charge in [0, 0.05) is 12.6 Å². The maximum absolute atomic E-state index is 11.8. The molecule has 5 nitrogen and oxygen atoms in total. The van der Waals surface area contributed by atoms with E-state index in [-0.39, 0.29) is 23.6 Å². The summed E-state index contributed by atoms with van der Waals surface area (Å²) >= 11 is 0. The molecule has 1 amide bonds. The second-order valence-electron chi connectivity index (χ2n) is 5.00. The third-order valence-corrected chi connectivity index (χ3v) is 5.41. The fraction of sp³-hybridized carbons (Fsp3) is 0.909. The summed E-state index contributed by atoms with van der Waals surface area (Å²) in [5, 5.41) is 1.78. The average molecular weight is 262 g/mol. The minimum atomic E-state index is -3.24. The molecule has 1 saturated heterocycles. The van der Waals surface area contributed by atoms with Crippen molar-refractivity contribution in [3.8, 4) is 0 Å². The number of hydrogen-bond donors (Lipinski definition) is 2. The van der Waals surface area contributed by atoms with Gasteiger partial charge in [0.1, 0.15) is 5.25 Å². The van der Waals surface area contributed by atoms with Crippen LogP contribution in [0.5, 0.6) is 0 Å². The lowest BCUT2D eigenvalue weighted by molar-refractivity contribution is -0.121. The highest BCUT2D eigenvalue weighted by atomic mass is 32.2. The maximum atomic E-state index is 11.8. The van der Waals surface area contributed by atoms with Crippen LogP contribution in [0.2, 0.25) is 0 Å². The lowest BCUT2D eigenvalue weighted by Gasteiger charge is -2.23. The van der Waals surface area contributed by atoms with Crippen LogP contribution in [0.25, 0.3) is 0 Å². The Labute approximate surface area is 103 Å². The van der Waals surface area contributed by atoms with Gasteiger partial charge in [-0.15, -0.1) is 0 Å². The van der Waals surface area contributed by atoms with Crippen LogP contribution in [0.4, 0.5) is 0 Å². The van der Waals surface area contributed by atoms with Gasteiger partial charge in [-0.2, -0.15) is 0 Å². The van der Waals surface area contributed by atoms with Crippen molar-refractivity contribution < 1.29 is 13.2 Å². The second-order valence-corrected chi connectivity index (χ2v) is 7.31. The first-order valence-corrected chi connectivity index (χ1v) is 7.81. The van der Waals surface area contributed by atoms with E-state index in [1.54, 1.807) is 0 Å². The molecule has 100 valence electrons. The molecular weight excluding hydrogens is 240 g/mol. The molecular formula is C11H22N2O3S. The summed E-state index contributed by atoms with van der Waals surface area (Å²) in [4.78, 5) is 11.8. The Morgan fingerprint density at radius 1 is 1.41 bits per heavy atom. The van der Waals surface area contributed by atoms with Gasteiger partial charge < -0.3 is 11.1 Å². The third kappa shape index (κ3) is 3.96. The molecule has 1 aliphatic heterocycles. The molecule has 0 saturated carbocycles. The number of rotatable bonds is 4. The lowest BCUT2D eigenvalue weighted by atomic mass is 10.1. The number of carbonyl (C=O) groups is 1. The van der Waals surface area contributed by atoms with Crippen molar-refractivity contribution in [2.45, 2.75) is 44.4 Å². The zero-order valence-electron chi connectivity index (χ0n) is 10.5. The Morgan fingerprint density at radius 3 is 2.59 bits per heavy atom. The van der Waals surface area contributed by atoms with Gasteiger partial charge in [-0.3, -0.25) is 4.79 Å². The van der Waals surface area contributed by atoms with Crippen molar-refractivity contribution in [2.75, 3.05) is 12.3 Å². The van der Waals surface area contributed by atoms with Crippen LogP contribution in [0.3, 0.4) is 0 Å². The summed E-state index contributed by atoms with van der Waals surface area (Å²) in [5.41, 5.74) is 5.80. The van der Waals surface area contributed by atoms with Crippen molar-refractivity contribution in [2.24, 2.45) is 11.7 Å². The molecule has 2 atom stereocenters. The summed E-state index contributed by atoms with van der Waals surface area (Å²) in [6.07, 6.45) is 1.90. The van der Waals surface area contributed by atoms with Gasteiger partial charge in [-0.1, -0.05) is 20.3 Å². The molecule has 3 N–H and O–H groups in total. The predicted molar refractivity (Wildman–Crippen MR) is 67.2 cm³/mol. The van der Waals surface area contributed by atoms with E-state index in [0.29, 0.717) is 19.4 Å². The molecule has 1 aliphatic rings. The molecule has 0 radical (unpaired) electrons. The zero-order valence-corrected chi connectivity index (χ0v) is 11.3. The molecule has 0 aromatic rings. The van der Waals surface area contributed by atoms with Gasteiger partial charge >= 0.3 is 0 Å². The smallest absolute Gasteiger partial charge is 0.238 e. The lowest BCUT2D eigenvalue weighted by Crippen LogP contribution is -2.47. The molecule has 0 bridgehead atoms. The molecule has 1 heterocycles. The number of hydrogen-bond acceptors (Lipinski definition) is 4. The van der Waals surface area contributed by atoms with Crippen molar-refractivity contribution >= 4 is 15.7 Å². The van der Waals surface area contributed by atoms with E-state index in [1.807, 2.05) is 13.8 Å². The maximum Gasteiger partial charge on any atom is 0.238 e. The van der Waals surface area contributed by atoms with Gasteiger partial charge in [0.05, 0.1) is 5.75 Å². The van der Waals surface area contributed by atoms with Crippen LogP contribution in [-0.2, 0) is 14.6 Å². The Hall–Kier alpha value is -0.620. The zero-order chi connectivity index (χ0) is 13.1. The Morgan fingerprint density at radius 2 is 2.06 bits per heavy atom.